The summed E-state index contributed by atoms with van der Waals surface area (Å²) in [6.07, 6.45) is 0.998. The molecule has 0 spiro atoms. The Bertz CT molecular complexity index is 564. The molecule has 1 amide bonds. The minimum Gasteiger partial charge on any atom is -0.444 e. The molecule has 2 aromatic rings. The zero-order valence-corrected chi connectivity index (χ0v) is 11.2. The van der Waals surface area contributed by atoms with Crippen molar-refractivity contribution in [2.45, 2.75) is 18.4 Å². The van der Waals surface area contributed by atoms with Gasteiger partial charge in [0.05, 0.1) is 0 Å². The van der Waals surface area contributed by atoms with Crippen LogP contribution >= 0.6 is 15.9 Å². The summed E-state index contributed by atoms with van der Waals surface area (Å²) >= 11 is 3.18. The molecule has 0 bridgehead atoms. The van der Waals surface area contributed by atoms with E-state index in [0.29, 0.717) is 16.3 Å². The van der Waals surface area contributed by atoms with Crippen LogP contribution in [0.1, 0.15) is 28.5 Å². The van der Waals surface area contributed by atoms with Crippen LogP contribution in [-0.4, -0.2) is 11.9 Å². The van der Waals surface area contributed by atoms with E-state index in [-0.39, 0.29) is 11.9 Å². The summed E-state index contributed by atoms with van der Waals surface area (Å²) in [5.74, 6) is 0.637. The Morgan fingerprint density at radius 1 is 1.22 bits per heavy atom. The summed E-state index contributed by atoms with van der Waals surface area (Å²) in [4.78, 5) is 11.9. The minimum atomic E-state index is -0.149. The van der Waals surface area contributed by atoms with Gasteiger partial charge in [-0.15, -0.1) is 0 Å². The van der Waals surface area contributed by atoms with Crippen LogP contribution in [0.2, 0.25) is 0 Å². The fraction of sp³-hybridized carbons (Fsp3) is 0.214. The lowest BCUT2D eigenvalue weighted by Crippen LogP contribution is -2.26. The lowest BCUT2D eigenvalue weighted by Gasteiger charge is -2.02. The summed E-state index contributed by atoms with van der Waals surface area (Å²) < 4.78 is 5.79. The van der Waals surface area contributed by atoms with Gasteiger partial charge in [0, 0.05) is 12.0 Å². The van der Waals surface area contributed by atoms with Crippen molar-refractivity contribution in [1.29, 1.82) is 0 Å². The highest BCUT2D eigenvalue weighted by atomic mass is 79.9. The zero-order chi connectivity index (χ0) is 12.5. The van der Waals surface area contributed by atoms with Crippen molar-refractivity contribution in [2.24, 2.45) is 0 Å². The van der Waals surface area contributed by atoms with Gasteiger partial charge in [-0.25, -0.2) is 0 Å². The number of amides is 1. The van der Waals surface area contributed by atoms with Gasteiger partial charge in [-0.3, -0.25) is 4.79 Å². The van der Waals surface area contributed by atoms with Crippen molar-refractivity contribution < 1.29 is 9.21 Å². The first kappa shape index (κ1) is 11.5. The van der Waals surface area contributed by atoms with Gasteiger partial charge in [0.25, 0.3) is 5.91 Å². The Balaban J connectivity index is 1.62. The van der Waals surface area contributed by atoms with Gasteiger partial charge in [-0.1, -0.05) is 30.3 Å². The van der Waals surface area contributed by atoms with E-state index >= 15 is 0 Å². The normalized spacial score (nSPS) is 21.6. The van der Waals surface area contributed by atoms with E-state index in [9.17, 15) is 4.79 Å². The highest BCUT2D eigenvalue weighted by Crippen LogP contribution is 2.40. The molecule has 2 atom stereocenters. The van der Waals surface area contributed by atoms with Crippen LogP contribution in [0.15, 0.2) is 51.6 Å². The van der Waals surface area contributed by atoms with Crippen LogP contribution in [0.5, 0.6) is 0 Å². The number of furan rings is 1. The number of hydrogen-bond donors (Lipinski definition) is 1. The third-order valence-corrected chi connectivity index (χ3v) is 3.56. The van der Waals surface area contributed by atoms with Crippen LogP contribution < -0.4 is 5.32 Å². The first-order valence-corrected chi connectivity index (χ1v) is 6.64. The summed E-state index contributed by atoms with van der Waals surface area (Å²) in [5.41, 5.74) is 1.28. The second-order valence-electron chi connectivity index (χ2n) is 4.44. The highest BCUT2D eigenvalue weighted by molar-refractivity contribution is 9.10. The zero-order valence-electron chi connectivity index (χ0n) is 9.60. The Labute approximate surface area is 113 Å². The summed E-state index contributed by atoms with van der Waals surface area (Å²) in [6.45, 7) is 0. The number of hydrogen-bond acceptors (Lipinski definition) is 2. The Hall–Kier alpha value is -1.55. The predicted octanol–water partition coefficient (Wildman–Crippen LogP) is 3.33. The largest absolute Gasteiger partial charge is 0.444 e. The van der Waals surface area contributed by atoms with Crippen LogP contribution in [0, 0.1) is 0 Å². The standard InChI is InChI=1S/C14H12BrNO2/c15-13-7-6-12(18-13)14(17)16-11-8-10(11)9-4-2-1-3-5-9/h1-7,10-11H,8H2,(H,16,17). The average Bonchev–Trinajstić information content (AvgIpc) is 3.01. The van der Waals surface area contributed by atoms with Crippen molar-refractivity contribution in [3.8, 4) is 0 Å². The molecule has 92 valence electrons. The number of carbonyl (C=O) groups excluding carboxylic acids is 1. The number of halogens is 1. The number of rotatable bonds is 3. The topological polar surface area (TPSA) is 42.2 Å². The Morgan fingerprint density at radius 2 is 2.00 bits per heavy atom. The molecule has 1 aliphatic carbocycles. The van der Waals surface area contributed by atoms with Crippen molar-refractivity contribution >= 4 is 21.8 Å². The van der Waals surface area contributed by atoms with E-state index in [4.69, 9.17) is 4.42 Å². The number of carbonyl (C=O) groups is 1. The minimum absolute atomic E-state index is 0.149. The quantitative estimate of drug-likeness (QED) is 0.945. The van der Waals surface area contributed by atoms with Crippen LogP contribution in [0.4, 0.5) is 0 Å². The second-order valence-corrected chi connectivity index (χ2v) is 5.22. The average molecular weight is 306 g/mol. The molecule has 0 saturated heterocycles. The smallest absolute Gasteiger partial charge is 0.287 e. The monoisotopic (exact) mass is 305 g/mol. The molecule has 0 aliphatic heterocycles. The van der Waals surface area contributed by atoms with Gasteiger partial charge >= 0.3 is 0 Å². The molecule has 3 nitrogen and oxygen atoms in total. The molecule has 0 radical (unpaired) electrons. The van der Waals surface area contributed by atoms with Gasteiger partial charge in [-0.2, -0.15) is 0 Å². The molecular formula is C14H12BrNO2. The lowest BCUT2D eigenvalue weighted by molar-refractivity contribution is 0.0921. The summed E-state index contributed by atoms with van der Waals surface area (Å²) in [5, 5.41) is 2.98. The van der Waals surface area contributed by atoms with Crippen LogP contribution in [0.25, 0.3) is 0 Å². The van der Waals surface area contributed by atoms with Gasteiger partial charge in [-0.05, 0) is 40.0 Å². The molecule has 1 aromatic carbocycles. The molecule has 18 heavy (non-hydrogen) atoms. The Kier molecular flexibility index (Phi) is 2.96. The van der Waals surface area contributed by atoms with E-state index < -0.39 is 0 Å². The fourth-order valence-electron chi connectivity index (χ4n) is 2.10. The maximum absolute atomic E-state index is 11.9. The summed E-state index contributed by atoms with van der Waals surface area (Å²) in [7, 11) is 0. The van der Waals surface area contributed by atoms with E-state index in [1.54, 1.807) is 12.1 Å². The molecule has 1 fully saturated rings. The van der Waals surface area contributed by atoms with E-state index in [2.05, 4.69) is 33.4 Å². The van der Waals surface area contributed by atoms with Crippen molar-refractivity contribution in [1.82, 2.24) is 5.32 Å². The first-order valence-electron chi connectivity index (χ1n) is 5.85. The van der Waals surface area contributed by atoms with Crippen LogP contribution in [-0.2, 0) is 0 Å². The SMILES string of the molecule is O=C(NC1CC1c1ccccc1)c1ccc(Br)o1. The maximum atomic E-state index is 11.9. The summed E-state index contributed by atoms with van der Waals surface area (Å²) in [6, 6.07) is 13.9. The molecule has 1 N–H and O–H groups in total. The fourth-order valence-corrected chi connectivity index (χ4v) is 2.41. The molecule has 1 saturated carbocycles. The van der Waals surface area contributed by atoms with Gasteiger partial charge in [0.2, 0.25) is 0 Å². The molecule has 3 rings (SSSR count). The maximum Gasteiger partial charge on any atom is 0.287 e. The van der Waals surface area contributed by atoms with Crippen molar-refractivity contribution in [2.75, 3.05) is 0 Å². The first-order chi connectivity index (χ1) is 8.74. The molecule has 4 heteroatoms. The van der Waals surface area contributed by atoms with Gasteiger partial charge < -0.3 is 9.73 Å². The van der Waals surface area contributed by atoms with Crippen molar-refractivity contribution in [3.63, 3.8) is 0 Å². The Morgan fingerprint density at radius 3 is 2.67 bits per heavy atom. The highest BCUT2D eigenvalue weighted by Gasteiger charge is 2.39. The van der Waals surface area contributed by atoms with Gasteiger partial charge in [0.1, 0.15) is 0 Å². The number of nitrogens with one attached hydrogen (secondary N) is 1. The van der Waals surface area contributed by atoms with E-state index in [1.165, 1.54) is 5.56 Å². The third-order valence-electron chi connectivity index (χ3n) is 3.13. The molecule has 1 aliphatic rings. The molecular weight excluding hydrogens is 294 g/mol. The molecule has 1 aromatic heterocycles. The predicted molar refractivity (Wildman–Crippen MR) is 71.5 cm³/mol. The van der Waals surface area contributed by atoms with Crippen LogP contribution in [0.3, 0.4) is 0 Å². The second kappa shape index (κ2) is 4.61. The van der Waals surface area contributed by atoms with Crippen molar-refractivity contribution in [3.05, 3.63) is 58.5 Å². The lowest BCUT2D eigenvalue weighted by atomic mass is 10.1. The molecule has 2 unspecified atom stereocenters. The van der Waals surface area contributed by atoms with E-state index in [1.807, 2.05) is 18.2 Å². The molecule has 1 heterocycles. The third kappa shape index (κ3) is 2.34. The van der Waals surface area contributed by atoms with E-state index in [0.717, 1.165) is 6.42 Å². The number of benzene rings is 1. The van der Waals surface area contributed by atoms with Gasteiger partial charge in [0.15, 0.2) is 10.4 Å².